The highest BCUT2D eigenvalue weighted by molar-refractivity contribution is 5.74. The molecule has 1 saturated carbocycles. The quantitative estimate of drug-likeness (QED) is 0.177. The fourth-order valence-corrected chi connectivity index (χ4v) is 4.11. The zero-order valence-corrected chi connectivity index (χ0v) is 20.3. The van der Waals surface area contributed by atoms with Crippen molar-refractivity contribution in [3.8, 4) is 23.0 Å². The molecule has 1 aliphatic carbocycles. The van der Waals surface area contributed by atoms with Crippen molar-refractivity contribution in [1.29, 1.82) is 0 Å². The number of phenols is 1. The third kappa shape index (κ3) is 6.18. The number of nitrogens with zero attached hydrogens (tertiary/aromatic N) is 1. The van der Waals surface area contributed by atoms with Gasteiger partial charge in [0.05, 0.1) is 32.8 Å². The molecule has 0 heterocycles. The Morgan fingerprint density at radius 1 is 0.857 bits per heavy atom. The normalized spacial score (nSPS) is 17.3. The molecule has 2 atom stereocenters. The van der Waals surface area contributed by atoms with E-state index in [2.05, 4.69) is 0 Å². The lowest BCUT2D eigenvalue weighted by atomic mass is 10.1. The van der Waals surface area contributed by atoms with Crippen molar-refractivity contribution in [2.75, 3.05) is 21.3 Å². The molecule has 2 N–H and O–H groups in total. The Balaban J connectivity index is 1.54. The number of rotatable bonds is 11. The molecule has 1 fully saturated rings. The molecule has 0 amide bonds. The molecule has 1 aliphatic rings. The van der Waals surface area contributed by atoms with Gasteiger partial charge in [-0.1, -0.05) is 24.3 Å². The summed E-state index contributed by atoms with van der Waals surface area (Å²) in [4.78, 5) is 6.12. The molecule has 3 aromatic rings. The third-order valence-electron chi connectivity index (χ3n) is 6.30. The highest BCUT2D eigenvalue weighted by Crippen LogP contribution is 2.42. The first-order chi connectivity index (χ1) is 17.0. The standard InChI is InChI=1S/C28H31NO6/c1-32-24-11-6-20(7-12-24)18-35-29(17-21-8-13-25(33-2)16-27(21)34-3)28(31)26-15-22(26)14-19-4-9-23(30)10-5-19/h4-13,16,22,26,30H,14-15,17-18H2,1-3H3/p+1. The molecular weight excluding hydrogens is 446 g/mol. The first-order valence-electron chi connectivity index (χ1n) is 11.6. The van der Waals surface area contributed by atoms with Gasteiger partial charge in [0.15, 0.2) is 6.61 Å². The van der Waals surface area contributed by atoms with Crippen molar-refractivity contribution in [3.05, 3.63) is 83.4 Å². The van der Waals surface area contributed by atoms with Crippen LogP contribution in [0.4, 0.5) is 0 Å². The van der Waals surface area contributed by atoms with E-state index in [-0.39, 0.29) is 17.6 Å². The lowest BCUT2D eigenvalue weighted by Gasteiger charge is -2.11. The maximum absolute atomic E-state index is 11.2. The summed E-state index contributed by atoms with van der Waals surface area (Å²) in [7, 11) is 4.85. The Morgan fingerprint density at radius 3 is 2.17 bits per heavy atom. The van der Waals surface area contributed by atoms with Crippen LogP contribution in [0.25, 0.3) is 0 Å². The number of benzene rings is 3. The number of hydroxylamine groups is 1. The molecule has 7 heteroatoms. The highest BCUT2D eigenvalue weighted by atomic mass is 16.7. The van der Waals surface area contributed by atoms with Crippen LogP contribution in [0.2, 0.25) is 0 Å². The second-order valence-corrected chi connectivity index (χ2v) is 8.67. The average molecular weight is 479 g/mol. The van der Waals surface area contributed by atoms with E-state index < -0.39 is 0 Å². The molecule has 2 unspecified atom stereocenters. The number of ether oxygens (including phenoxy) is 3. The topological polar surface area (TPSA) is 80.4 Å². The molecule has 7 nitrogen and oxygen atoms in total. The minimum absolute atomic E-state index is 0.00362. The van der Waals surface area contributed by atoms with Crippen molar-refractivity contribution in [3.63, 3.8) is 0 Å². The van der Waals surface area contributed by atoms with Crippen molar-refractivity contribution in [2.45, 2.75) is 26.0 Å². The van der Waals surface area contributed by atoms with Gasteiger partial charge < -0.3 is 24.4 Å². The van der Waals surface area contributed by atoms with Gasteiger partial charge >= 0.3 is 5.90 Å². The molecule has 0 radical (unpaired) electrons. The molecule has 184 valence electrons. The summed E-state index contributed by atoms with van der Waals surface area (Å²) < 4.78 is 17.7. The number of hydrogen-bond acceptors (Lipinski definition) is 5. The van der Waals surface area contributed by atoms with Gasteiger partial charge in [-0.3, -0.25) is 4.84 Å². The Morgan fingerprint density at radius 2 is 1.51 bits per heavy atom. The van der Waals surface area contributed by atoms with Crippen LogP contribution >= 0.6 is 0 Å². The van der Waals surface area contributed by atoms with Gasteiger partial charge in [0.2, 0.25) is 6.54 Å². The van der Waals surface area contributed by atoms with Gasteiger partial charge in [-0.25, -0.2) is 0 Å². The summed E-state index contributed by atoms with van der Waals surface area (Å²) in [5.74, 6) is 2.90. The lowest BCUT2D eigenvalue weighted by molar-refractivity contribution is -0.809. The second-order valence-electron chi connectivity index (χ2n) is 8.67. The maximum atomic E-state index is 11.2. The van der Waals surface area contributed by atoms with E-state index >= 15 is 0 Å². The van der Waals surface area contributed by atoms with Crippen LogP contribution in [0.3, 0.4) is 0 Å². The molecule has 0 saturated heterocycles. The van der Waals surface area contributed by atoms with Crippen molar-refractivity contribution < 1.29 is 34.0 Å². The number of aromatic hydroxyl groups is 1. The van der Waals surface area contributed by atoms with Gasteiger partial charge in [-0.15, -0.1) is 0 Å². The van der Waals surface area contributed by atoms with Crippen molar-refractivity contribution in [1.82, 2.24) is 0 Å². The van der Waals surface area contributed by atoms with Crippen molar-refractivity contribution >= 4 is 5.90 Å². The minimum Gasteiger partial charge on any atom is -0.508 e. The fourth-order valence-electron chi connectivity index (χ4n) is 4.11. The second kappa shape index (κ2) is 11.0. The van der Waals surface area contributed by atoms with Gasteiger partial charge in [-0.05, 0) is 66.3 Å². The van der Waals surface area contributed by atoms with E-state index in [4.69, 9.17) is 19.0 Å². The van der Waals surface area contributed by atoms with Gasteiger partial charge in [-0.2, -0.15) is 0 Å². The van der Waals surface area contributed by atoms with Crippen LogP contribution in [0, 0.1) is 11.8 Å². The molecule has 0 aromatic heterocycles. The molecular formula is C28H32NO6+. The molecule has 4 rings (SSSR count). The van der Waals surface area contributed by atoms with Crippen LogP contribution in [0.5, 0.6) is 23.0 Å². The Bertz CT molecular complexity index is 1160. The Labute approximate surface area is 205 Å². The monoisotopic (exact) mass is 478 g/mol. The highest BCUT2D eigenvalue weighted by Gasteiger charge is 2.47. The van der Waals surface area contributed by atoms with Crippen LogP contribution in [-0.4, -0.2) is 42.2 Å². The summed E-state index contributed by atoms with van der Waals surface area (Å²) in [6.07, 6.45) is 1.70. The fraction of sp³-hybridized carbons (Fsp3) is 0.321. The molecule has 3 aromatic carbocycles. The van der Waals surface area contributed by atoms with Gasteiger partial charge in [0, 0.05) is 10.8 Å². The SMILES string of the molecule is COc1ccc(CO/[N+](Cc2ccc(OC)cc2OC)=C(\O)C2CC2Cc2ccc(O)cc2)cc1. The zero-order chi connectivity index (χ0) is 24.8. The number of phenolic OH excluding ortho intramolecular Hbond substituents is 1. The van der Waals surface area contributed by atoms with Crippen LogP contribution < -0.4 is 14.2 Å². The van der Waals surface area contributed by atoms with E-state index in [1.165, 1.54) is 0 Å². The predicted octanol–water partition coefficient (Wildman–Crippen LogP) is 4.90. The number of methoxy groups -OCH3 is 3. The molecule has 35 heavy (non-hydrogen) atoms. The summed E-state index contributed by atoms with van der Waals surface area (Å²) in [6, 6.07) is 20.5. The largest absolute Gasteiger partial charge is 0.508 e. The number of hydrogen-bond donors (Lipinski definition) is 2. The van der Waals surface area contributed by atoms with Crippen LogP contribution in [-0.2, 0) is 24.4 Å². The maximum Gasteiger partial charge on any atom is 0.386 e. The summed E-state index contributed by atoms with van der Waals surface area (Å²) >= 11 is 0. The lowest BCUT2D eigenvalue weighted by Crippen LogP contribution is -2.24. The minimum atomic E-state index is 0.00362. The van der Waals surface area contributed by atoms with Gasteiger partial charge in [0.1, 0.15) is 23.0 Å². The summed E-state index contributed by atoms with van der Waals surface area (Å²) in [5.41, 5.74) is 2.96. The van der Waals surface area contributed by atoms with E-state index in [1.54, 1.807) is 38.2 Å². The number of aliphatic hydroxyl groups excluding tert-OH is 1. The first kappa shape index (κ1) is 24.3. The van der Waals surface area contributed by atoms with E-state index in [0.717, 1.165) is 35.3 Å². The number of aliphatic hydroxyl groups is 1. The van der Waals surface area contributed by atoms with E-state index in [9.17, 15) is 10.2 Å². The van der Waals surface area contributed by atoms with Gasteiger partial charge in [0.25, 0.3) is 0 Å². The smallest absolute Gasteiger partial charge is 0.386 e. The van der Waals surface area contributed by atoms with Crippen LogP contribution in [0.15, 0.2) is 66.7 Å². The average Bonchev–Trinajstić information content (AvgIpc) is 3.66. The van der Waals surface area contributed by atoms with E-state index in [0.29, 0.717) is 30.6 Å². The van der Waals surface area contributed by atoms with Crippen LogP contribution in [0.1, 0.15) is 23.1 Å². The zero-order valence-electron chi connectivity index (χ0n) is 20.3. The summed E-state index contributed by atoms with van der Waals surface area (Å²) in [6.45, 7) is 0.611. The first-order valence-corrected chi connectivity index (χ1v) is 11.6. The van der Waals surface area contributed by atoms with Crippen molar-refractivity contribution in [2.24, 2.45) is 11.8 Å². The predicted molar refractivity (Wildman–Crippen MR) is 132 cm³/mol. The third-order valence-corrected chi connectivity index (χ3v) is 6.30. The Hall–Kier alpha value is -3.87. The van der Waals surface area contributed by atoms with E-state index in [1.807, 2.05) is 54.6 Å². The Kier molecular flexibility index (Phi) is 7.65. The molecule has 0 bridgehead atoms. The summed E-state index contributed by atoms with van der Waals surface area (Å²) in [5, 5.41) is 20.7. The molecule has 0 aliphatic heterocycles. The molecule has 0 spiro atoms.